The van der Waals surface area contributed by atoms with Crippen LogP contribution in [0.4, 0.5) is 4.39 Å². The molecule has 1 atom stereocenters. The van der Waals surface area contributed by atoms with Crippen molar-refractivity contribution in [3.8, 4) is 0 Å². The molecule has 1 aliphatic heterocycles. The van der Waals surface area contributed by atoms with Gasteiger partial charge in [-0.2, -0.15) is 0 Å². The number of nitrogens with one attached hydrogen (secondary N) is 1. The third-order valence-electron chi connectivity index (χ3n) is 3.67. The summed E-state index contributed by atoms with van der Waals surface area (Å²) >= 11 is 0. The second-order valence-electron chi connectivity index (χ2n) is 4.73. The third kappa shape index (κ3) is 1.74. The van der Waals surface area contributed by atoms with E-state index in [1.807, 2.05) is 0 Å². The van der Waals surface area contributed by atoms with Crippen LogP contribution in [0.2, 0.25) is 0 Å². The van der Waals surface area contributed by atoms with Gasteiger partial charge in [0.25, 0.3) is 11.8 Å². The Labute approximate surface area is 104 Å². The molecule has 0 spiro atoms. The molecule has 2 amide bonds. The molecule has 3 nitrogen and oxygen atoms in total. The molecule has 0 saturated carbocycles. The Bertz CT molecular complexity index is 560. The molecule has 4 heteroatoms. The van der Waals surface area contributed by atoms with Crippen molar-refractivity contribution in [2.75, 3.05) is 0 Å². The minimum Gasteiger partial charge on any atom is -0.289 e. The molecule has 18 heavy (non-hydrogen) atoms. The van der Waals surface area contributed by atoms with Crippen molar-refractivity contribution < 1.29 is 14.0 Å². The maximum atomic E-state index is 12.9. The van der Waals surface area contributed by atoms with Crippen LogP contribution in [0.1, 0.15) is 30.7 Å². The number of rotatable bonds is 1. The monoisotopic (exact) mass is 245 g/mol. The first kappa shape index (κ1) is 11.1. The third-order valence-corrected chi connectivity index (χ3v) is 3.67. The quantitative estimate of drug-likeness (QED) is 0.770. The molecule has 2 aliphatic rings. The van der Waals surface area contributed by atoms with Crippen LogP contribution in [-0.4, -0.2) is 11.8 Å². The first-order valence-electron chi connectivity index (χ1n) is 5.98. The fourth-order valence-corrected chi connectivity index (χ4v) is 2.69. The van der Waals surface area contributed by atoms with Crippen LogP contribution < -0.4 is 5.32 Å². The zero-order valence-electron chi connectivity index (χ0n) is 9.70. The van der Waals surface area contributed by atoms with E-state index in [0.717, 1.165) is 12.0 Å². The molecule has 0 radical (unpaired) electrons. The van der Waals surface area contributed by atoms with Crippen LogP contribution in [0.3, 0.4) is 0 Å². The van der Waals surface area contributed by atoms with E-state index in [-0.39, 0.29) is 23.5 Å². The number of hydrogen-bond donors (Lipinski definition) is 1. The van der Waals surface area contributed by atoms with Crippen LogP contribution in [0.15, 0.2) is 35.4 Å². The number of hydrogen-bond acceptors (Lipinski definition) is 2. The van der Waals surface area contributed by atoms with Crippen molar-refractivity contribution in [3.63, 3.8) is 0 Å². The smallest absolute Gasteiger partial charge is 0.254 e. The largest absolute Gasteiger partial charge is 0.289 e. The molecular weight excluding hydrogens is 233 g/mol. The molecule has 0 aromatic heterocycles. The first-order chi connectivity index (χ1) is 8.65. The summed E-state index contributed by atoms with van der Waals surface area (Å²) in [6, 6.07) is 6.36. The van der Waals surface area contributed by atoms with Gasteiger partial charge in [0.15, 0.2) is 0 Å². The highest BCUT2D eigenvalue weighted by molar-refractivity contribution is 6.19. The number of imide groups is 1. The van der Waals surface area contributed by atoms with Crippen LogP contribution in [0, 0.1) is 5.82 Å². The van der Waals surface area contributed by atoms with E-state index in [1.165, 1.54) is 12.1 Å². The highest BCUT2D eigenvalue weighted by atomic mass is 19.1. The van der Waals surface area contributed by atoms with Crippen molar-refractivity contribution in [2.45, 2.75) is 25.2 Å². The lowest BCUT2D eigenvalue weighted by Gasteiger charge is -2.22. The molecule has 92 valence electrons. The molecule has 0 saturated heterocycles. The Kier molecular flexibility index (Phi) is 2.51. The van der Waals surface area contributed by atoms with Gasteiger partial charge >= 0.3 is 0 Å². The maximum Gasteiger partial charge on any atom is 0.254 e. The first-order valence-corrected chi connectivity index (χ1v) is 5.98. The Hall–Kier alpha value is -1.97. The minimum absolute atomic E-state index is 0.195. The van der Waals surface area contributed by atoms with E-state index >= 15 is 0 Å². The predicted octanol–water partition coefficient (Wildman–Crippen LogP) is 2.05. The van der Waals surface area contributed by atoms with Gasteiger partial charge in [-0.15, -0.1) is 0 Å². The van der Waals surface area contributed by atoms with Gasteiger partial charge in [0.05, 0.1) is 0 Å². The standard InChI is InChI=1S/C14H12FNO2/c15-10-4-1-8(2-5-10)9-3-6-11-12(7-9)14(18)16-13(11)17/h1-2,4-5,9H,3,6-7H2,(H,16,17,18). The predicted molar refractivity (Wildman–Crippen MR) is 63.2 cm³/mol. The lowest BCUT2D eigenvalue weighted by atomic mass is 9.81. The highest BCUT2D eigenvalue weighted by Crippen LogP contribution is 2.38. The van der Waals surface area contributed by atoms with Gasteiger partial charge in [0.1, 0.15) is 5.82 Å². The second kappa shape index (κ2) is 4.05. The molecule has 3 rings (SSSR count). The van der Waals surface area contributed by atoms with Crippen LogP contribution >= 0.6 is 0 Å². The zero-order chi connectivity index (χ0) is 12.7. The van der Waals surface area contributed by atoms with E-state index in [9.17, 15) is 14.0 Å². The molecule has 1 aromatic carbocycles. The molecule has 0 bridgehead atoms. The number of amides is 2. The number of benzene rings is 1. The van der Waals surface area contributed by atoms with Gasteiger partial charge < -0.3 is 0 Å². The highest BCUT2D eigenvalue weighted by Gasteiger charge is 2.35. The molecule has 1 N–H and O–H groups in total. The maximum absolute atomic E-state index is 12.9. The van der Waals surface area contributed by atoms with Crippen molar-refractivity contribution in [3.05, 3.63) is 46.8 Å². The minimum atomic E-state index is -0.262. The molecule has 0 fully saturated rings. The Balaban J connectivity index is 1.87. The van der Waals surface area contributed by atoms with Gasteiger partial charge in [0.2, 0.25) is 0 Å². The van der Waals surface area contributed by atoms with Gasteiger partial charge in [-0.25, -0.2) is 4.39 Å². The Morgan fingerprint density at radius 1 is 1.06 bits per heavy atom. The lowest BCUT2D eigenvalue weighted by molar-refractivity contribution is -0.124. The fourth-order valence-electron chi connectivity index (χ4n) is 2.69. The van der Waals surface area contributed by atoms with Crippen LogP contribution in [-0.2, 0) is 9.59 Å². The molecule has 1 heterocycles. The van der Waals surface area contributed by atoms with Gasteiger partial charge in [0, 0.05) is 11.1 Å². The van der Waals surface area contributed by atoms with Crippen LogP contribution in [0.5, 0.6) is 0 Å². The van der Waals surface area contributed by atoms with E-state index < -0.39 is 0 Å². The number of carbonyl (C=O) groups excluding carboxylic acids is 2. The molecule has 1 aromatic rings. The fraction of sp³-hybridized carbons (Fsp3) is 0.286. The van der Waals surface area contributed by atoms with Crippen LogP contribution in [0.25, 0.3) is 0 Å². The normalized spacial score (nSPS) is 23.1. The lowest BCUT2D eigenvalue weighted by Crippen LogP contribution is -2.22. The summed E-state index contributed by atoms with van der Waals surface area (Å²) in [4.78, 5) is 23.1. The molecule has 1 unspecified atom stereocenters. The summed E-state index contributed by atoms with van der Waals surface area (Å²) in [5.41, 5.74) is 2.27. The van der Waals surface area contributed by atoms with E-state index in [0.29, 0.717) is 24.0 Å². The molecule has 1 aliphatic carbocycles. The summed E-state index contributed by atoms with van der Waals surface area (Å²) in [5.74, 6) is -0.571. The van der Waals surface area contributed by atoms with Crippen molar-refractivity contribution in [1.29, 1.82) is 0 Å². The summed E-state index contributed by atoms with van der Waals surface area (Å²) in [5, 5.41) is 2.33. The van der Waals surface area contributed by atoms with E-state index in [2.05, 4.69) is 5.32 Å². The van der Waals surface area contributed by atoms with E-state index in [1.54, 1.807) is 12.1 Å². The summed E-state index contributed by atoms with van der Waals surface area (Å²) < 4.78 is 12.9. The average molecular weight is 245 g/mol. The number of carbonyl (C=O) groups is 2. The summed E-state index contributed by atoms with van der Waals surface area (Å²) in [7, 11) is 0. The summed E-state index contributed by atoms with van der Waals surface area (Å²) in [6.07, 6.45) is 2.01. The Morgan fingerprint density at radius 3 is 2.44 bits per heavy atom. The summed E-state index contributed by atoms with van der Waals surface area (Å²) in [6.45, 7) is 0. The van der Waals surface area contributed by atoms with Crippen molar-refractivity contribution in [2.24, 2.45) is 0 Å². The SMILES string of the molecule is O=C1NC(=O)C2=C1CCC(c1ccc(F)cc1)C2. The van der Waals surface area contributed by atoms with Gasteiger partial charge in [-0.3, -0.25) is 14.9 Å². The average Bonchev–Trinajstić information content (AvgIpc) is 2.66. The van der Waals surface area contributed by atoms with Crippen molar-refractivity contribution in [1.82, 2.24) is 5.32 Å². The Morgan fingerprint density at radius 2 is 1.72 bits per heavy atom. The zero-order valence-corrected chi connectivity index (χ0v) is 9.70. The molecular formula is C14H12FNO2. The number of halogens is 1. The van der Waals surface area contributed by atoms with Crippen molar-refractivity contribution >= 4 is 11.8 Å². The second-order valence-corrected chi connectivity index (χ2v) is 4.73. The van der Waals surface area contributed by atoms with Gasteiger partial charge in [-0.1, -0.05) is 12.1 Å². The topological polar surface area (TPSA) is 46.2 Å². The van der Waals surface area contributed by atoms with Gasteiger partial charge in [-0.05, 0) is 42.9 Å². The van der Waals surface area contributed by atoms with E-state index in [4.69, 9.17) is 0 Å².